The van der Waals surface area contributed by atoms with Crippen LogP contribution in [0.15, 0.2) is 0 Å². The van der Waals surface area contributed by atoms with Crippen LogP contribution >= 0.6 is 15.6 Å². The molecule has 0 rings (SSSR count). The van der Waals surface area contributed by atoms with E-state index in [0.717, 1.165) is 0 Å². The fourth-order valence-electron chi connectivity index (χ4n) is 2.33. The SMILES string of the molecule is CCC[NH2+]CCC.CCC[NH2+]CCC.CCC[NH2+]CCC.CCC[NH2+]CCC.O=P([O-])([O-])OP(=O)([O-])[O-]. The van der Waals surface area contributed by atoms with E-state index in [-0.39, 0.29) is 0 Å². The molecule has 37 heavy (non-hydrogen) atoms. The zero-order valence-corrected chi connectivity index (χ0v) is 27.2. The normalized spacial score (nSPS) is 10.5. The largest absolute Gasteiger partial charge is 0.790 e. The summed E-state index contributed by atoms with van der Waals surface area (Å²) < 4.78 is 21.2. The predicted octanol–water partition coefficient (Wildman–Crippen LogP) is -1.86. The van der Waals surface area contributed by atoms with E-state index in [1.807, 2.05) is 0 Å². The Morgan fingerprint density at radius 3 is 0.595 bits per heavy atom. The van der Waals surface area contributed by atoms with Gasteiger partial charge in [0.1, 0.15) is 0 Å². The Morgan fingerprint density at radius 1 is 0.405 bits per heavy atom. The highest BCUT2D eigenvalue weighted by Gasteiger charge is 1.92. The molecule has 0 saturated heterocycles. The van der Waals surface area contributed by atoms with E-state index in [1.54, 1.807) is 0 Å². The third-order valence-corrected chi connectivity index (χ3v) is 5.74. The molecule has 0 unspecified atom stereocenters. The molecule has 11 nitrogen and oxygen atoms in total. The van der Waals surface area contributed by atoms with E-state index >= 15 is 0 Å². The lowest BCUT2D eigenvalue weighted by Gasteiger charge is -2.39. The van der Waals surface area contributed by atoms with Crippen LogP contribution in [0.3, 0.4) is 0 Å². The molecule has 0 aliphatic rings. The first-order valence-electron chi connectivity index (χ1n) is 14.4. The second-order valence-corrected chi connectivity index (χ2v) is 10.9. The third kappa shape index (κ3) is 85.9. The first-order valence-corrected chi connectivity index (χ1v) is 17.3. The van der Waals surface area contributed by atoms with Gasteiger partial charge in [-0.3, -0.25) is 0 Å². The molecule has 0 aromatic rings. The molecule has 232 valence electrons. The molecule has 0 amide bonds. The van der Waals surface area contributed by atoms with E-state index in [4.69, 9.17) is 0 Å². The Labute approximate surface area is 229 Å². The van der Waals surface area contributed by atoms with Crippen molar-refractivity contribution in [1.29, 1.82) is 0 Å². The predicted molar refractivity (Wildman–Crippen MR) is 145 cm³/mol. The molecule has 0 aromatic carbocycles. The fraction of sp³-hybridized carbons (Fsp3) is 1.00. The molecule has 0 aliphatic carbocycles. The van der Waals surface area contributed by atoms with E-state index in [2.05, 4.69) is 81.0 Å². The van der Waals surface area contributed by atoms with Gasteiger partial charge in [0.05, 0.1) is 68.0 Å². The summed E-state index contributed by atoms with van der Waals surface area (Å²) in [5, 5.41) is 9.44. The van der Waals surface area contributed by atoms with Crippen LogP contribution in [0.2, 0.25) is 0 Å². The fourth-order valence-corrected chi connectivity index (χ4v) is 3.31. The highest BCUT2D eigenvalue weighted by molar-refractivity contribution is 7.57. The van der Waals surface area contributed by atoms with Crippen LogP contribution < -0.4 is 40.8 Å². The minimum absolute atomic E-state index is 1.30. The molecule has 13 heteroatoms. The highest BCUT2D eigenvalue weighted by atomic mass is 31.3. The molecule has 0 bridgehead atoms. The van der Waals surface area contributed by atoms with Crippen LogP contribution in [0.5, 0.6) is 0 Å². The van der Waals surface area contributed by atoms with Crippen LogP contribution in [0.25, 0.3) is 0 Å². The number of nitrogens with two attached hydrogens (primary N) is 4. The van der Waals surface area contributed by atoms with Crippen molar-refractivity contribution in [3.63, 3.8) is 0 Å². The van der Waals surface area contributed by atoms with Gasteiger partial charge >= 0.3 is 0 Å². The van der Waals surface area contributed by atoms with Gasteiger partial charge in [0.15, 0.2) is 0 Å². The summed E-state index contributed by atoms with van der Waals surface area (Å²) in [6.45, 7) is 28.1. The number of phosphoric acid groups is 2. The van der Waals surface area contributed by atoms with E-state index < -0.39 is 15.6 Å². The van der Waals surface area contributed by atoms with Gasteiger partial charge in [-0.05, 0) is 51.4 Å². The van der Waals surface area contributed by atoms with Gasteiger partial charge in [0.2, 0.25) is 0 Å². The summed E-state index contributed by atoms with van der Waals surface area (Å²) in [6.07, 6.45) is 10.4. The maximum absolute atomic E-state index is 9.32. The van der Waals surface area contributed by atoms with Crippen molar-refractivity contribution in [2.24, 2.45) is 0 Å². The lowest BCUT2D eigenvalue weighted by Crippen LogP contribution is -2.84. The lowest BCUT2D eigenvalue weighted by atomic mass is 10.4. The van der Waals surface area contributed by atoms with Crippen molar-refractivity contribution in [3.8, 4) is 0 Å². The molecular formula is C24H64N4O7P2. The van der Waals surface area contributed by atoms with Crippen LogP contribution in [-0.2, 0) is 13.4 Å². The third-order valence-electron chi connectivity index (χ3n) is 4.14. The van der Waals surface area contributed by atoms with Gasteiger partial charge in [0, 0.05) is 0 Å². The number of hydrogen-bond donors (Lipinski definition) is 4. The second-order valence-electron chi connectivity index (χ2n) is 8.44. The monoisotopic (exact) mass is 582 g/mol. The zero-order chi connectivity index (χ0) is 29.8. The Hall–Kier alpha value is 0.100. The van der Waals surface area contributed by atoms with Crippen LogP contribution in [-0.4, -0.2) is 52.4 Å². The number of rotatable bonds is 18. The molecule has 0 aliphatic heterocycles. The van der Waals surface area contributed by atoms with Crippen LogP contribution in [0.4, 0.5) is 0 Å². The molecule has 0 fully saturated rings. The first-order chi connectivity index (χ1) is 17.4. The second kappa shape index (κ2) is 40.6. The highest BCUT2D eigenvalue weighted by Crippen LogP contribution is 2.42. The minimum atomic E-state index is -5.68. The maximum Gasteiger partial charge on any atom is 0.0752 e. The summed E-state index contributed by atoms with van der Waals surface area (Å²) in [6, 6.07) is 0. The van der Waals surface area contributed by atoms with Crippen molar-refractivity contribution < 1.29 is 54.3 Å². The maximum atomic E-state index is 9.32. The average Bonchev–Trinajstić information content (AvgIpc) is 2.80. The van der Waals surface area contributed by atoms with Gasteiger partial charge in [-0.2, -0.15) is 0 Å². The van der Waals surface area contributed by atoms with Crippen molar-refractivity contribution in [2.75, 3.05) is 52.4 Å². The smallest absolute Gasteiger partial charge is 0.0752 e. The standard InChI is InChI=1S/4C6H15N.H4O7P2/c4*1-3-5-7-6-4-2;1-8(2,3)7-9(4,5)6/h4*7H,3-6H2,1-2H3;(H2,1,2,3)(H2,4,5,6). The Kier molecular flexibility index (Phi) is 51.5. The summed E-state index contributed by atoms with van der Waals surface area (Å²) in [5.74, 6) is 0. The summed E-state index contributed by atoms with van der Waals surface area (Å²) in [4.78, 5) is 37.3. The van der Waals surface area contributed by atoms with Gasteiger partial charge < -0.3 is 54.3 Å². The molecule has 0 atom stereocenters. The van der Waals surface area contributed by atoms with Gasteiger partial charge in [-0.1, -0.05) is 55.4 Å². The van der Waals surface area contributed by atoms with E-state index in [1.165, 1.54) is 104 Å². The molecule has 8 N–H and O–H groups in total. The van der Waals surface area contributed by atoms with Crippen molar-refractivity contribution >= 4 is 15.6 Å². The Balaban J connectivity index is -0.000000116. The first kappa shape index (κ1) is 46.9. The Bertz CT molecular complexity index is 392. The van der Waals surface area contributed by atoms with Crippen LogP contribution in [0, 0.1) is 0 Å². The van der Waals surface area contributed by atoms with Crippen molar-refractivity contribution in [1.82, 2.24) is 0 Å². The molecule has 0 heterocycles. The van der Waals surface area contributed by atoms with E-state index in [0.29, 0.717) is 0 Å². The summed E-state index contributed by atoms with van der Waals surface area (Å²) >= 11 is 0. The lowest BCUT2D eigenvalue weighted by molar-refractivity contribution is -0.654. The van der Waals surface area contributed by atoms with Crippen molar-refractivity contribution in [2.45, 2.75) is 107 Å². The van der Waals surface area contributed by atoms with Gasteiger partial charge in [0.25, 0.3) is 0 Å². The van der Waals surface area contributed by atoms with Gasteiger partial charge in [-0.25, -0.2) is 0 Å². The Morgan fingerprint density at radius 2 is 0.541 bits per heavy atom. The zero-order valence-electron chi connectivity index (χ0n) is 25.4. The quantitative estimate of drug-likeness (QED) is 0.107. The molecule has 0 aromatic heterocycles. The van der Waals surface area contributed by atoms with Crippen LogP contribution in [0.1, 0.15) is 107 Å². The number of quaternary nitrogens is 4. The molecule has 0 radical (unpaired) electrons. The van der Waals surface area contributed by atoms with E-state index in [9.17, 15) is 28.7 Å². The van der Waals surface area contributed by atoms with Gasteiger partial charge in [-0.15, -0.1) is 0 Å². The van der Waals surface area contributed by atoms with Crippen molar-refractivity contribution in [3.05, 3.63) is 0 Å². The molecular weight excluding hydrogens is 518 g/mol. The minimum Gasteiger partial charge on any atom is -0.790 e. The summed E-state index contributed by atoms with van der Waals surface area (Å²) in [5.41, 5.74) is 0. The number of hydrogen-bond acceptors (Lipinski definition) is 7. The molecule has 0 saturated carbocycles. The molecule has 0 spiro atoms. The average molecular weight is 583 g/mol. The summed E-state index contributed by atoms with van der Waals surface area (Å²) in [7, 11) is -11.4. The topological polar surface area (TPSA) is 202 Å².